The van der Waals surface area contributed by atoms with Crippen molar-refractivity contribution in [3.8, 4) is 17.2 Å². The quantitative estimate of drug-likeness (QED) is 0.180. The van der Waals surface area contributed by atoms with Crippen LogP contribution < -0.4 is 20.4 Å². The maximum absolute atomic E-state index is 13.6. The maximum Gasteiger partial charge on any atom is 0.327 e. The molecule has 12 heteroatoms. The predicted molar refractivity (Wildman–Crippen MR) is 173 cm³/mol. The molecule has 0 aliphatic carbocycles. The molecule has 0 atom stereocenters. The zero-order valence-electron chi connectivity index (χ0n) is 25.4. The van der Waals surface area contributed by atoms with Gasteiger partial charge in [-0.1, -0.05) is 30.3 Å². The van der Waals surface area contributed by atoms with E-state index in [9.17, 15) is 10.1 Å². The highest BCUT2D eigenvalue weighted by Gasteiger charge is 2.20. The molecular weight excluding hydrogens is 568 g/mol. The van der Waals surface area contributed by atoms with Gasteiger partial charge >= 0.3 is 6.03 Å². The molecule has 0 aliphatic rings. The molecule has 0 bridgehead atoms. The molecular formula is C33H34N10O2. The first kappa shape index (κ1) is 30.7. The number of hydrogen-bond donors (Lipinski definition) is 2. The molecule has 0 aliphatic heterocycles. The molecule has 3 aromatic heterocycles. The van der Waals surface area contributed by atoms with Gasteiger partial charge in [0.25, 0.3) is 0 Å². The average molecular weight is 603 g/mol. The van der Waals surface area contributed by atoms with Gasteiger partial charge in [0.2, 0.25) is 5.95 Å². The standard InChI is InChI=1S/C33H34N10O2/c1-41(16-7-17-45-3)31-26(18-34)21-36-32(40-31)39-28-11-13-29(14-12-28)43(33(44)37-19-24-8-5-4-6-9-24)30-15-10-25(20-35-30)27-22-38-42(2)23-27/h4-6,8-15,20-23H,7,16-17,19H2,1-3H3,(H,37,44)(H,36,39,40). The van der Waals surface area contributed by atoms with Gasteiger partial charge in [-0.25, -0.2) is 19.7 Å². The normalized spacial score (nSPS) is 10.6. The summed E-state index contributed by atoms with van der Waals surface area (Å²) in [5, 5.41) is 20.0. The van der Waals surface area contributed by atoms with Crippen LogP contribution in [0.1, 0.15) is 17.5 Å². The number of nitrogens with one attached hydrogen (secondary N) is 2. The minimum absolute atomic E-state index is 0.322. The van der Waals surface area contributed by atoms with Crippen LogP contribution in [0.4, 0.5) is 33.8 Å². The number of methoxy groups -OCH3 is 1. The van der Waals surface area contributed by atoms with E-state index in [1.165, 1.54) is 11.1 Å². The number of nitriles is 1. The first-order chi connectivity index (χ1) is 21.9. The lowest BCUT2D eigenvalue weighted by Crippen LogP contribution is -2.37. The van der Waals surface area contributed by atoms with E-state index in [1.807, 2.05) is 91.9 Å². The van der Waals surface area contributed by atoms with E-state index in [4.69, 9.17) is 4.74 Å². The van der Waals surface area contributed by atoms with Crippen molar-refractivity contribution in [3.05, 3.63) is 103 Å². The molecule has 0 fully saturated rings. The number of hydrogen-bond acceptors (Lipinski definition) is 9. The molecule has 45 heavy (non-hydrogen) atoms. The number of nitrogens with zero attached hydrogens (tertiary/aromatic N) is 8. The van der Waals surface area contributed by atoms with E-state index < -0.39 is 0 Å². The smallest absolute Gasteiger partial charge is 0.327 e. The second kappa shape index (κ2) is 14.6. The lowest BCUT2D eigenvalue weighted by molar-refractivity contribution is 0.196. The van der Waals surface area contributed by atoms with Crippen molar-refractivity contribution in [1.82, 2.24) is 30.0 Å². The summed E-state index contributed by atoms with van der Waals surface area (Å²) in [5.41, 5.74) is 4.52. The van der Waals surface area contributed by atoms with Crippen molar-refractivity contribution in [2.24, 2.45) is 7.05 Å². The average Bonchev–Trinajstić information content (AvgIpc) is 3.51. The van der Waals surface area contributed by atoms with Gasteiger partial charge in [-0.2, -0.15) is 15.3 Å². The summed E-state index contributed by atoms with van der Waals surface area (Å²) in [4.78, 5) is 30.6. The number of rotatable bonds is 12. The van der Waals surface area contributed by atoms with Crippen molar-refractivity contribution in [2.75, 3.05) is 42.4 Å². The van der Waals surface area contributed by atoms with Gasteiger partial charge in [0, 0.05) is 70.1 Å². The van der Waals surface area contributed by atoms with Crippen molar-refractivity contribution in [1.29, 1.82) is 5.26 Å². The van der Waals surface area contributed by atoms with Gasteiger partial charge in [0.05, 0.1) is 18.1 Å². The Bertz CT molecular complexity index is 1750. The highest BCUT2D eigenvalue weighted by atomic mass is 16.5. The van der Waals surface area contributed by atoms with Crippen molar-refractivity contribution in [2.45, 2.75) is 13.0 Å². The van der Waals surface area contributed by atoms with Gasteiger partial charge in [-0.05, 0) is 48.4 Å². The summed E-state index contributed by atoms with van der Waals surface area (Å²) in [7, 11) is 5.40. The molecule has 0 saturated carbocycles. The first-order valence-electron chi connectivity index (χ1n) is 14.4. The van der Waals surface area contributed by atoms with E-state index >= 15 is 0 Å². The fraction of sp³-hybridized carbons (Fsp3) is 0.212. The molecule has 2 amide bonds. The fourth-order valence-electron chi connectivity index (χ4n) is 4.64. The molecule has 2 aromatic carbocycles. The lowest BCUT2D eigenvalue weighted by Gasteiger charge is -2.23. The highest BCUT2D eigenvalue weighted by molar-refractivity contribution is 5.98. The Morgan fingerprint density at radius 2 is 1.80 bits per heavy atom. The lowest BCUT2D eigenvalue weighted by atomic mass is 10.1. The summed E-state index contributed by atoms with van der Waals surface area (Å²) in [6, 6.07) is 22.6. The molecule has 0 spiro atoms. The van der Waals surface area contributed by atoms with Crippen LogP contribution in [0.15, 0.2) is 91.5 Å². The third kappa shape index (κ3) is 7.78. The Morgan fingerprint density at radius 1 is 1.00 bits per heavy atom. The Hall–Kier alpha value is -5.80. The van der Waals surface area contributed by atoms with Gasteiger partial charge < -0.3 is 20.3 Å². The second-order valence-electron chi connectivity index (χ2n) is 10.3. The number of anilines is 5. The molecule has 0 saturated heterocycles. The molecule has 5 aromatic rings. The van der Waals surface area contributed by atoms with Crippen molar-refractivity contribution < 1.29 is 9.53 Å². The van der Waals surface area contributed by atoms with Crippen LogP contribution in [0.2, 0.25) is 0 Å². The third-order valence-electron chi connectivity index (χ3n) is 6.98. The topological polar surface area (TPSA) is 137 Å². The number of aromatic nitrogens is 5. The molecule has 2 N–H and O–H groups in total. The SMILES string of the molecule is COCCCN(C)c1nc(Nc2ccc(N(C(=O)NCc3ccccc3)c3ccc(-c4cnn(C)c4)cn3)cc2)ncc1C#N. The Morgan fingerprint density at radius 3 is 2.47 bits per heavy atom. The van der Waals surface area contributed by atoms with E-state index in [0.29, 0.717) is 54.2 Å². The number of carbonyl (C=O) groups is 1. The van der Waals surface area contributed by atoms with Crippen LogP contribution in [-0.4, -0.2) is 58.1 Å². The van der Waals surface area contributed by atoms with E-state index in [2.05, 4.69) is 36.8 Å². The number of benzene rings is 2. The summed E-state index contributed by atoms with van der Waals surface area (Å²) in [6.07, 6.45) is 7.71. The summed E-state index contributed by atoms with van der Waals surface area (Å²) in [5.74, 6) is 1.34. The number of urea groups is 1. The highest BCUT2D eigenvalue weighted by Crippen LogP contribution is 2.28. The Balaban J connectivity index is 1.37. The zero-order chi connectivity index (χ0) is 31.6. The van der Waals surface area contributed by atoms with Crippen LogP contribution in [0.3, 0.4) is 0 Å². The number of amides is 2. The second-order valence-corrected chi connectivity index (χ2v) is 10.3. The summed E-state index contributed by atoms with van der Waals surface area (Å²) < 4.78 is 6.87. The first-order valence-corrected chi connectivity index (χ1v) is 14.4. The van der Waals surface area contributed by atoms with Crippen molar-refractivity contribution in [3.63, 3.8) is 0 Å². The minimum atomic E-state index is -0.322. The Kier molecular flexibility index (Phi) is 9.94. The largest absolute Gasteiger partial charge is 0.385 e. The molecule has 0 unspecified atom stereocenters. The number of pyridine rings is 1. The van der Waals surface area contributed by atoms with E-state index in [-0.39, 0.29) is 6.03 Å². The molecule has 3 heterocycles. The maximum atomic E-state index is 13.6. The van der Waals surface area contributed by atoms with E-state index in [0.717, 1.165) is 23.1 Å². The van der Waals surface area contributed by atoms with Crippen LogP contribution >= 0.6 is 0 Å². The van der Waals surface area contributed by atoms with Gasteiger partial charge in [0.15, 0.2) is 5.82 Å². The van der Waals surface area contributed by atoms with E-state index in [1.54, 1.807) is 24.2 Å². The zero-order valence-corrected chi connectivity index (χ0v) is 25.4. The minimum Gasteiger partial charge on any atom is -0.385 e. The van der Waals surface area contributed by atoms with Crippen LogP contribution in [0, 0.1) is 11.3 Å². The van der Waals surface area contributed by atoms with Gasteiger partial charge in [0.1, 0.15) is 17.5 Å². The molecule has 12 nitrogen and oxygen atoms in total. The summed E-state index contributed by atoms with van der Waals surface area (Å²) >= 11 is 0. The van der Waals surface area contributed by atoms with Crippen molar-refractivity contribution >= 4 is 35.0 Å². The molecule has 0 radical (unpaired) electrons. The number of carbonyl (C=O) groups excluding carboxylic acids is 1. The van der Waals surface area contributed by atoms with Gasteiger partial charge in [-0.3, -0.25) is 4.68 Å². The number of ether oxygens (including phenoxy) is 1. The predicted octanol–water partition coefficient (Wildman–Crippen LogP) is 5.41. The molecule has 228 valence electrons. The van der Waals surface area contributed by atoms with Crippen LogP contribution in [0.5, 0.6) is 0 Å². The summed E-state index contributed by atoms with van der Waals surface area (Å²) in [6.45, 7) is 1.65. The third-order valence-corrected chi connectivity index (χ3v) is 6.98. The number of aryl methyl sites for hydroxylation is 1. The van der Waals surface area contributed by atoms with Gasteiger partial charge in [-0.15, -0.1) is 0 Å². The van der Waals surface area contributed by atoms with Crippen LogP contribution in [-0.2, 0) is 18.3 Å². The molecule has 5 rings (SSSR count). The van der Waals surface area contributed by atoms with Crippen LogP contribution in [0.25, 0.3) is 11.1 Å². The Labute approximate surface area is 261 Å². The fourth-order valence-corrected chi connectivity index (χ4v) is 4.64. The monoisotopic (exact) mass is 602 g/mol.